The molecule has 1 saturated heterocycles. The molecule has 24 heavy (non-hydrogen) atoms. The Kier molecular flexibility index (Phi) is 5.33. The number of hydrogen-bond acceptors (Lipinski definition) is 6. The molecule has 1 aliphatic heterocycles. The fourth-order valence-electron chi connectivity index (χ4n) is 2.89. The molecule has 0 saturated carbocycles. The summed E-state index contributed by atoms with van der Waals surface area (Å²) in [5.41, 5.74) is 6.54. The number of aryl methyl sites for hydroxylation is 1. The molecule has 1 aliphatic rings. The van der Waals surface area contributed by atoms with Crippen LogP contribution >= 0.6 is 23.1 Å². The van der Waals surface area contributed by atoms with E-state index in [2.05, 4.69) is 19.2 Å². The summed E-state index contributed by atoms with van der Waals surface area (Å²) in [7, 11) is 0. The van der Waals surface area contributed by atoms with Crippen molar-refractivity contribution in [2.45, 2.75) is 19.4 Å². The fraction of sp³-hybridized carbons (Fsp3) is 0.438. The summed E-state index contributed by atoms with van der Waals surface area (Å²) >= 11 is 7.37. The van der Waals surface area contributed by atoms with E-state index in [1.165, 1.54) is 11.5 Å². The highest BCUT2D eigenvalue weighted by Gasteiger charge is 2.29. The van der Waals surface area contributed by atoms with E-state index in [9.17, 15) is 4.79 Å². The lowest BCUT2D eigenvalue weighted by atomic mass is 10.0. The van der Waals surface area contributed by atoms with Gasteiger partial charge in [0.1, 0.15) is 11.9 Å². The average Bonchev–Trinajstić information content (AvgIpc) is 3.06. The van der Waals surface area contributed by atoms with Gasteiger partial charge in [-0.05, 0) is 17.7 Å². The minimum atomic E-state index is -0.426. The first-order chi connectivity index (χ1) is 11.6. The van der Waals surface area contributed by atoms with Crippen LogP contribution in [0, 0.1) is 0 Å². The number of aromatic nitrogens is 2. The summed E-state index contributed by atoms with van der Waals surface area (Å²) < 4.78 is 4.34. The highest BCUT2D eigenvalue weighted by atomic mass is 35.5. The van der Waals surface area contributed by atoms with Crippen LogP contribution < -0.4 is 10.6 Å². The van der Waals surface area contributed by atoms with Gasteiger partial charge in [0.15, 0.2) is 0 Å². The Bertz CT molecular complexity index is 697. The van der Waals surface area contributed by atoms with Gasteiger partial charge in [0.2, 0.25) is 11.0 Å². The topological polar surface area (TPSA) is 75.3 Å². The summed E-state index contributed by atoms with van der Waals surface area (Å²) in [6, 6.07) is 6.88. The van der Waals surface area contributed by atoms with E-state index in [0.717, 1.165) is 49.1 Å². The van der Waals surface area contributed by atoms with Crippen molar-refractivity contribution in [1.82, 2.24) is 14.3 Å². The lowest BCUT2D eigenvalue weighted by Gasteiger charge is -2.38. The number of benzene rings is 1. The van der Waals surface area contributed by atoms with Crippen molar-refractivity contribution in [3.05, 3.63) is 40.7 Å². The lowest BCUT2D eigenvalue weighted by Crippen LogP contribution is -2.50. The number of hydrogen-bond donors (Lipinski definition) is 1. The number of carbonyl (C=O) groups excluding carboxylic acids is 1. The van der Waals surface area contributed by atoms with E-state index in [0.29, 0.717) is 5.02 Å². The molecule has 1 unspecified atom stereocenters. The zero-order valence-corrected chi connectivity index (χ0v) is 15.1. The Balaban J connectivity index is 1.69. The molecule has 2 aromatic rings. The van der Waals surface area contributed by atoms with Gasteiger partial charge in [-0.1, -0.05) is 30.7 Å². The molecule has 0 aliphatic carbocycles. The molecule has 1 atom stereocenters. The lowest BCUT2D eigenvalue weighted by molar-refractivity contribution is -0.123. The normalized spacial score (nSPS) is 17.0. The third kappa shape index (κ3) is 3.68. The van der Waals surface area contributed by atoms with Gasteiger partial charge in [0.25, 0.3) is 0 Å². The van der Waals surface area contributed by atoms with Crippen molar-refractivity contribution < 1.29 is 4.79 Å². The number of rotatable bonds is 5. The second kappa shape index (κ2) is 7.46. The molecule has 1 amide bonds. The number of nitrogens with two attached hydrogens (primary N) is 1. The average molecular weight is 366 g/mol. The molecule has 2 heterocycles. The van der Waals surface area contributed by atoms with E-state index in [4.69, 9.17) is 17.3 Å². The molecule has 1 fully saturated rings. The van der Waals surface area contributed by atoms with Crippen LogP contribution in [0.15, 0.2) is 24.3 Å². The number of nitrogens with zero attached hydrogens (tertiary/aromatic N) is 4. The highest BCUT2D eigenvalue weighted by molar-refractivity contribution is 7.09. The predicted octanol–water partition coefficient (Wildman–Crippen LogP) is 2.10. The van der Waals surface area contributed by atoms with Crippen molar-refractivity contribution in [1.29, 1.82) is 0 Å². The van der Waals surface area contributed by atoms with Gasteiger partial charge in [-0.25, -0.2) is 4.98 Å². The maximum atomic E-state index is 12.0. The molecule has 2 N–H and O–H groups in total. The van der Waals surface area contributed by atoms with Crippen molar-refractivity contribution in [3.63, 3.8) is 0 Å². The third-order valence-corrected chi connectivity index (χ3v) is 5.25. The van der Waals surface area contributed by atoms with Gasteiger partial charge in [-0.15, -0.1) is 0 Å². The van der Waals surface area contributed by atoms with Crippen molar-refractivity contribution in [2.75, 3.05) is 31.1 Å². The Labute approximate surface area is 150 Å². The zero-order valence-electron chi connectivity index (χ0n) is 13.5. The first-order valence-electron chi connectivity index (χ1n) is 7.95. The standard InChI is InChI=1S/C16H20ClN5OS/c1-2-13-19-16(24-20-13)22-9-7-21(8-10-22)14(15(18)23)11-3-5-12(17)6-4-11/h3-6,14H,2,7-10H2,1H3,(H2,18,23). The number of primary amides is 1. The van der Waals surface area contributed by atoms with Gasteiger partial charge in [0, 0.05) is 49.2 Å². The minimum absolute atomic E-state index is 0.338. The second-order valence-corrected chi connectivity index (χ2v) is 6.89. The Morgan fingerprint density at radius 2 is 1.96 bits per heavy atom. The fourth-order valence-corrected chi connectivity index (χ4v) is 3.82. The summed E-state index contributed by atoms with van der Waals surface area (Å²) in [6.45, 7) is 5.15. The van der Waals surface area contributed by atoms with Crippen molar-refractivity contribution in [2.24, 2.45) is 5.73 Å². The van der Waals surface area contributed by atoms with Crippen LogP contribution in [-0.2, 0) is 11.2 Å². The van der Waals surface area contributed by atoms with E-state index < -0.39 is 6.04 Å². The SMILES string of the molecule is CCc1nsc(N2CCN(C(C(N)=O)c3ccc(Cl)cc3)CC2)n1. The number of amides is 1. The quantitative estimate of drug-likeness (QED) is 0.878. The maximum absolute atomic E-state index is 12.0. The molecule has 3 rings (SSSR count). The monoisotopic (exact) mass is 365 g/mol. The molecule has 128 valence electrons. The van der Waals surface area contributed by atoms with Gasteiger partial charge in [-0.2, -0.15) is 4.37 Å². The molecular weight excluding hydrogens is 346 g/mol. The maximum Gasteiger partial charge on any atom is 0.239 e. The largest absolute Gasteiger partial charge is 0.368 e. The van der Waals surface area contributed by atoms with Crippen LogP contribution in [-0.4, -0.2) is 46.3 Å². The molecule has 1 aromatic heterocycles. The van der Waals surface area contributed by atoms with Gasteiger partial charge < -0.3 is 10.6 Å². The number of carbonyl (C=O) groups is 1. The van der Waals surface area contributed by atoms with Crippen LogP contribution in [0.5, 0.6) is 0 Å². The Hall–Kier alpha value is -1.70. The zero-order chi connectivity index (χ0) is 17.1. The van der Waals surface area contributed by atoms with Crippen LogP contribution in [0.1, 0.15) is 24.4 Å². The van der Waals surface area contributed by atoms with Crippen LogP contribution in [0.3, 0.4) is 0 Å². The van der Waals surface area contributed by atoms with Crippen molar-refractivity contribution >= 4 is 34.2 Å². The van der Waals surface area contributed by atoms with E-state index >= 15 is 0 Å². The van der Waals surface area contributed by atoms with E-state index in [1.807, 2.05) is 19.1 Å². The molecule has 0 spiro atoms. The first kappa shape index (κ1) is 17.1. The van der Waals surface area contributed by atoms with Crippen molar-refractivity contribution in [3.8, 4) is 0 Å². The summed E-state index contributed by atoms with van der Waals surface area (Å²) in [5, 5.41) is 1.60. The predicted molar refractivity (Wildman–Crippen MR) is 96.5 cm³/mol. The Morgan fingerprint density at radius 1 is 1.29 bits per heavy atom. The molecular formula is C16H20ClN5OS. The molecule has 0 radical (unpaired) electrons. The van der Waals surface area contributed by atoms with E-state index in [-0.39, 0.29) is 5.91 Å². The Morgan fingerprint density at radius 3 is 2.50 bits per heavy atom. The van der Waals surface area contributed by atoms with Crippen LogP contribution in [0.4, 0.5) is 5.13 Å². The molecule has 0 bridgehead atoms. The number of halogens is 1. The molecule has 6 nitrogen and oxygen atoms in total. The van der Waals surface area contributed by atoms with Gasteiger partial charge in [-0.3, -0.25) is 9.69 Å². The smallest absolute Gasteiger partial charge is 0.239 e. The summed E-state index contributed by atoms with van der Waals surface area (Å²) in [6.07, 6.45) is 0.844. The van der Waals surface area contributed by atoms with Gasteiger partial charge >= 0.3 is 0 Å². The molecule has 1 aromatic carbocycles. The highest BCUT2D eigenvalue weighted by Crippen LogP contribution is 2.26. The number of piperazine rings is 1. The van der Waals surface area contributed by atoms with Gasteiger partial charge in [0.05, 0.1) is 0 Å². The van der Waals surface area contributed by atoms with Crippen LogP contribution in [0.2, 0.25) is 5.02 Å². The second-order valence-electron chi connectivity index (χ2n) is 5.73. The third-order valence-electron chi connectivity index (χ3n) is 4.18. The summed E-state index contributed by atoms with van der Waals surface area (Å²) in [5.74, 6) is 0.545. The minimum Gasteiger partial charge on any atom is -0.368 e. The van der Waals surface area contributed by atoms with Crippen LogP contribution in [0.25, 0.3) is 0 Å². The summed E-state index contributed by atoms with van der Waals surface area (Å²) in [4.78, 5) is 20.9. The number of anilines is 1. The molecule has 8 heteroatoms. The van der Waals surface area contributed by atoms with E-state index in [1.54, 1.807) is 12.1 Å². The first-order valence-corrected chi connectivity index (χ1v) is 9.10.